The molecule has 6 nitrogen and oxygen atoms in total. The number of carbonyl (C=O) groups is 1. The van der Waals surface area contributed by atoms with Gasteiger partial charge in [0.15, 0.2) is 9.84 Å². The summed E-state index contributed by atoms with van der Waals surface area (Å²) in [6, 6.07) is 3.69. The van der Waals surface area contributed by atoms with Crippen LogP contribution in [-0.4, -0.2) is 37.6 Å². The molecule has 2 amide bonds. The van der Waals surface area contributed by atoms with E-state index in [0.717, 1.165) is 0 Å². The van der Waals surface area contributed by atoms with Crippen LogP contribution in [0.2, 0.25) is 0 Å². The molecule has 2 rings (SSSR count). The molecule has 0 bridgehead atoms. The summed E-state index contributed by atoms with van der Waals surface area (Å²) >= 11 is 0. The smallest absolute Gasteiger partial charge is 0.307 e. The van der Waals surface area contributed by atoms with E-state index in [1.54, 1.807) is 20.8 Å². The minimum Gasteiger partial charge on any atom is -0.307 e. The highest BCUT2D eigenvalue weighted by Gasteiger charge is 2.40. The third-order valence-corrected chi connectivity index (χ3v) is 7.97. The topological polar surface area (TPSA) is 83.6 Å². The van der Waals surface area contributed by atoms with E-state index in [0.29, 0.717) is 11.0 Å². The van der Waals surface area contributed by atoms with E-state index < -0.39 is 23.2 Å². The van der Waals surface area contributed by atoms with Gasteiger partial charge in [-0.2, -0.15) is 0 Å². The first-order valence-electron chi connectivity index (χ1n) is 6.67. The summed E-state index contributed by atoms with van der Waals surface area (Å²) in [7, 11) is -6.53. The molecule has 116 valence electrons. The fourth-order valence-corrected chi connectivity index (χ4v) is 5.92. The first-order chi connectivity index (χ1) is 9.61. The van der Waals surface area contributed by atoms with Crippen molar-refractivity contribution in [3.8, 4) is 0 Å². The van der Waals surface area contributed by atoms with Crippen molar-refractivity contribution >= 4 is 34.2 Å². The lowest BCUT2D eigenvalue weighted by Gasteiger charge is -2.37. The summed E-state index contributed by atoms with van der Waals surface area (Å²) < 4.78 is 38.3. The van der Waals surface area contributed by atoms with Gasteiger partial charge in [0.1, 0.15) is 0 Å². The average molecular weight is 330 g/mol. The number of benzene rings is 1. The van der Waals surface area contributed by atoms with Crippen molar-refractivity contribution < 1.29 is 17.8 Å². The molecule has 1 aliphatic heterocycles. The van der Waals surface area contributed by atoms with Gasteiger partial charge in [0.05, 0.1) is 21.6 Å². The van der Waals surface area contributed by atoms with Crippen LogP contribution in [0.1, 0.15) is 20.8 Å². The zero-order valence-corrected chi connectivity index (χ0v) is 14.2. The SMILES string of the molecule is CCS(=O)(=O)c1ccc2c(c1)P(C)(=O)N(C(C)C)C(=O)N2. The quantitative estimate of drug-likeness (QED) is 0.862. The summed E-state index contributed by atoms with van der Waals surface area (Å²) in [5, 5.41) is 3.04. The maximum absolute atomic E-state index is 13.1. The molecule has 0 fully saturated rings. The molecule has 1 heterocycles. The molecular formula is C13H19N2O4PS. The fourth-order valence-electron chi connectivity index (χ4n) is 2.46. The Labute approximate surface area is 124 Å². The number of anilines is 1. The lowest BCUT2D eigenvalue weighted by molar-refractivity contribution is 0.229. The fraction of sp³-hybridized carbons (Fsp3) is 0.462. The van der Waals surface area contributed by atoms with Gasteiger partial charge < -0.3 is 5.32 Å². The van der Waals surface area contributed by atoms with E-state index in [1.165, 1.54) is 29.5 Å². The number of sulfone groups is 1. The van der Waals surface area contributed by atoms with Gasteiger partial charge in [0.25, 0.3) is 0 Å². The van der Waals surface area contributed by atoms with Crippen LogP contribution < -0.4 is 10.6 Å². The van der Waals surface area contributed by atoms with Crippen molar-refractivity contribution in [2.45, 2.75) is 31.7 Å². The Morgan fingerprint density at radius 1 is 1.33 bits per heavy atom. The Balaban J connectivity index is 2.66. The van der Waals surface area contributed by atoms with Gasteiger partial charge in [0, 0.05) is 12.7 Å². The first kappa shape index (κ1) is 16.0. The largest absolute Gasteiger partial charge is 0.327 e. The maximum Gasteiger partial charge on any atom is 0.327 e. The molecule has 0 spiro atoms. The van der Waals surface area contributed by atoms with Gasteiger partial charge in [-0.3, -0.25) is 9.24 Å². The highest BCUT2D eigenvalue weighted by Crippen LogP contribution is 2.51. The van der Waals surface area contributed by atoms with Gasteiger partial charge in [0.2, 0.25) is 7.29 Å². The van der Waals surface area contributed by atoms with E-state index >= 15 is 0 Å². The summed E-state index contributed by atoms with van der Waals surface area (Å²) in [4.78, 5) is 12.2. The molecule has 8 heteroatoms. The minimum atomic E-state index is -3.39. The normalized spacial score (nSPS) is 22.1. The number of nitrogens with zero attached hydrogens (tertiary/aromatic N) is 1. The molecule has 1 aliphatic rings. The van der Waals surface area contributed by atoms with Crippen LogP contribution in [0.5, 0.6) is 0 Å². The van der Waals surface area contributed by atoms with Crippen LogP contribution in [-0.2, 0) is 14.4 Å². The molecule has 1 N–H and O–H groups in total. The standard InChI is InChI=1S/C13H19N2O4PS/c1-5-21(18,19)10-6-7-11-12(8-10)20(4,17)15(9(2)3)13(16)14-11/h6-9H,5H2,1-4H3,(H,14,16). The lowest BCUT2D eigenvalue weighted by atomic mass is 10.3. The predicted octanol–water partition coefficient (Wildman–Crippen LogP) is 2.27. The molecule has 0 aromatic heterocycles. The molecule has 21 heavy (non-hydrogen) atoms. The van der Waals surface area contributed by atoms with Crippen LogP contribution >= 0.6 is 7.29 Å². The summed E-state index contributed by atoms with van der Waals surface area (Å²) in [5.41, 5.74) is 0.415. The zero-order valence-electron chi connectivity index (χ0n) is 12.5. The van der Waals surface area contributed by atoms with Crippen molar-refractivity contribution in [3.05, 3.63) is 18.2 Å². The molecular weight excluding hydrogens is 311 g/mol. The number of carbonyl (C=O) groups excluding carboxylic acids is 1. The summed E-state index contributed by atoms with van der Waals surface area (Å²) in [6.45, 7) is 6.59. The van der Waals surface area contributed by atoms with Gasteiger partial charge >= 0.3 is 6.03 Å². The molecule has 1 aromatic carbocycles. The number of amides is 2. The van der Waals surface area contributed by atoms with Gasteiger partial charge in [-0.15, -0.1) is 0 Å². The molecule has 0 saturated heterocycles. The molecule has 1 aromatic rings. The first-order valence-corrected chi connectivity index (χ1v) is 10.4. The highest BCUT2D eigenvalue weighted by atomic mass is 32.2. The maximum atomic E-state index is 13.1. The molecule has 0 aliphatic carbocycles. The third-order valence-electron chi connectivity index (χ3n) is 3.51. The minimum absolute atomic E-state index is 0.0277. The van der Waals surface area contributed by atoms with Gasteiger partial charge in [-0.25, -0.2) is 13.2 Å². The number of hydrogen-bond acceptors (Lipinski definition) is 4. The van der Waals surface area contributed by atoms with Gasteiger partial charge in [-0.1, -0.05) is 6.92 Å². The van der Waals surface area contributed by atoms with E-state index in [4.69, 9.17) is 0 Å². The van der Waals surface area contributed by atoms with Crippen LogP contribution in [0.15, 0.2) is 23.1 Å². The molecule has 0 radical (unpaired) electrons. The van der Waals surface area contributed by atoms with Crippen LogP contribution in [0.3, 0.4) is 0 Å². The Hall–Kier alpha value is -1.33. The Bertz CT molecular complexity index is 743. The molecule has 1 unspecified atom stereocenters. The van der Waals surface area contributed by atoms with Crippen molar-refractivity contribution in [1.29, 1.82) is 0 Å². The number of rotatable bonds is 3. The monoisotopic (exact) mass is 330 g/mol. The molecule has 1 atom stereocenters. The molecule has 0 saturated carbocycles. The van der Waals surface area contributed by atoms with Crippen LogP contribution in [0.4, 0.5) is 10.5 Å². The van der Waals surface area contributed by atoms with E-state index in [2.05, 4.69) is 5.32 Å². The van der Waals surface area contributed by atoms with Crippen molar-refractivity contribution in [2.75, 3.05) is 17.7 Å². The third kappa shape index (κ3) is 2.60. The number of urea groups is 1. The average Bonchev–Trinajstić information content (AvgIpc) is 2.37. The Morgan fingerprint density at radius 2 is 1.95 bits per heavy atom. The highest BCUT2D eigenvalue weighted by molar-refractivity contribution is 7.91. The Morgan fingerprint density at radius 3 is 2.48 bits per heavy atom. The zero-order chi connectivity index (χ0) is 16.0. The lowest BCUT2D eigenvalue weighted by Crippen LogP contribution is -2.44. The van der Waals surface area contributed by atoms with E-state index in [-0.39, 0.29) is 16.7 Å². The summed E-state index contributed by atoms with van der Waals surface area (Å²) in [6.07, 6.45) is 0. The van der Waals surface area contributed by atoms with Crippen LogP contribution in [0, 0.1) is 0 Å². The van der Waals surface area contributed by atoms with Gasteiger partial charge in [-0.05, 0) is 32.0 Å². The number of hydrogen-bond donors (Lipinski definition) is 1. The van der Waals surface area contributed by atoms with Crippen LogP contribution in [0.25, 0.3) is 0 Å². The van der Waals surface area contributed by atoms with E-state index in [1.807, 2.05) is 0 Å². The second-order valence-electron chi connectivity index (χ2n) is 5.33. The van der Waals surface area contributed by atoms with Crippen molar-refractivity contribution in [3.63, 3.8) is 0 Å². The Kier molecular flexibility index (Phi) is 3.93. The van der Waals surface area contributed by atoms with E-state index in [9.17, 15) is 17.8 Å². The summed E-state index contributed by atoms with van der Waals surface area (Å²) in [5.74, 6) is -0.0277. The van der Waals surface area contributed by atoms with Crippen molar-refractivity contribution in [1.82, 2.24) is 4.67 Å². The predicted molar refractivity (Wildman–Crippen MR) is 83.3 cm³/mol. The second kappa shape index (κ2) is 5.14. The number of nitrogens with one attached hydrogen (secondary N) is 1. The second-order valence-corrected chi connectivity index (χ2v) is 10.3. The number of fused-ring (bicyclic) bond motifs is 1. The van der Waals surface area contributed by atoms with Crippen molar-refractivity contribution in [2.24, 2.45) is 0 Å².